The van der Waals surface area contributed by atoms with E-state index in [1.54, 1.807) is 22.5 Å². The smallest absolute Gasteiger partial charge is 0.226 e. The molecule has 1 saturated carbocycles. The summed E-state index contributed by atoms with van der Waals surface area (Å²) in [5.74, 6) is 0.283. The van der Waals surface area contributed by atoms with Crippen LogP contribution < -0.4 is 4.31 Å². The van der Waals surface area contributed by atoms with E-state index in [4.69, 9.17) is 11.6 Å². The van der Waals surface area contributed by atoms with E-state index in [1.807, 2.05) is 42.2 Å². The van der Waals surface area contributed by atoms with Crippen LogP contribution in [0.15, 0.2) is 61.2 Å². The van der Waals surface area contributed by atoms with E-state index >= 15 is 0 Å². The number of hydrogen-bond donors (Lipinski definition) is 0. The van der Waals surface area contributed by atoms with Crippen molar-refractivity contribution in [2.75, 3.05) is 16.6 Å². The fourth-order valence-electron chi connectivity index (χ4n) is 5.03. The summed E-state index contributed by atoms with van der Waals surface area (Å²) < 4.78 is 29.5. The maximum Gasteiger partial charge on any atom is 0.226 e. The number of anilines is 1. The summed E-state index contributed by atoms with van der Waals surface area (Å²) in [4.78, 5) is 15.9. The van der Waals surface area contributed by atoms with Gasteiger partial charge in [0.05, 0.1) is 24.3 Å². The first-order valence-corrected chi connectivity index (χ1v) is 13.7. The molecule has 1 aliphatic heterocycles. The van der Waals surface area contributed by atoms with Crippen LogP contribution in [-0.2, 0) is 15.8 Å². The minimum atomic E-state index is -1.40. The number of piperidine rings is 1. The number of allylic oxidation sites excluding steroid dienone is 1. The van der Waals surface area contributed by atoms with Gasteiger partial charge in [-0.25, -0.2) is 8.60 Å². The normalized spacial score (nSPS) is 22.3. The zero-order chi connectivity index (χ0) is 24.2. The molecule has 1 saturated heterocycles. The molecule has 4 rings (SSSR count). The number of carbonyl (C=O) groups excluding carboxylic acids is 1. The summed E-state index contributed by atoms with van der Waals surface area (Å²) in [6, 6.07) is 13.9. The summed E-state index contributed by atoms with van der Waals surface area (Å²) in [5, 5.41) is 0.657. The molecule has 2 aliphatic rings. The second-order valence-corrected chi connectivity index (χ2v) is 11.2. The molecule has 34 heavy (non-hydrogen) atoms. The van der Waals surface area contributed by atoms with Crippen molar-refractivity contribution < 1.29 is 13.4 Å². The van der Waals surface area contributed by atoms with E-state index in [9.17, 15) is 13.4 Å². The number of para-hydroxylation sites is 1. The number of benzene rings is 2. The quantitative estimate of drug-likeness (QED) is 0.357. The first-order valence-electron chi connectivity index (χ1n) is 12.0. The monoisotopic (exact) mass is 502 g/mol. The van der Waals surface area contributed by atoms with Crippen molar-refractivity contribution in [1.29, 1.82) is 0 Å². The lowest BCUT2D eigenvalue weighted by Gasteiger charge is -2.45. The van der Waals surface area contributed by atoms with Crippen molar-refractivity contribution in [3.05, 3.63) is 77.6 Å². The third-order valence-electron chi connectivity index (χ3n) is 6.92. The molecule has 7 heteroatoms. The Hall–Kier alpha value is -2.18. The predicted octanol–water partition coefficient (Wildman–Crippen LogP) is 6.30. The van der Waals surface area contributed by atoms with Crippen molar-refractivity contribution in [2.24, 2.45) is 11.8 Å². The topological polar surface area (TPSA) is 40.6 Å². The Morgan fingerprint density at radius 2 is 1.88 bits per heavy atom. The Labute approximate surface area is 209 Å². The van der Waals surface area contributed by atoms with E-state index in [-0.39, 0.29) is 23.9 Å². The minimum absolute atomic E-state index is 0.0889. The zero-order valence-corrected chi connectivity index (χ0v) is 21.1. The third kappa shape index (κ3) is 5.38. The molecule has 182 valence electrons. The molecule has 1 amide bonds. The van der Waals surface area contributed by atoms with E-state index in [0.29, 0.717) is 35.3 Å². The molecule has 0 radical (unpaired) electrons. The van der Waals surface area contributed by atoms with E-state index in [2.05, 4.69) is 6.58 Å². The van der Waals surface area contributed by atoms with Crippen molar-refractivity contribution in [2.45, 2.75) is 51.1 Å². The number of likely N-dealkylation sites (tertiary alicyclic amines) is 1. The van der Waals surface area contributed by atoms with Gasteiger partial charge in [-0.15, -0.1) is 6.58 Å². The maximum absolute atomic E-state index is 14.8. The number of rotatable bonds is 10. The van der Waals surface area contributed by atoms with Gasteiger partial charge in [-0.05, 0) is 67.9 Å². The van der Waals surface area contributed by atoms with Gasteiger partial charge in [-0.1, -0.05) is 48.9 Å². The summed E-state index contributed by atoms with van der Waals surface area (Å²) >= 11 is 6.14. The van der Waals surface area contributed by atoms with Crippen molar-refractivity contribution in [3.8, 4) is 0 Å². The standard InChI is InChI=1S/C27H32ClFN2O2S/c1-3-7-21-14-17-24(19-12-15-22(28)16-13-19)31(27(21)32)26(20-10-11-20)18-30(34(33)4-2)25-9-6-5-8-23(25)29/h3,5-6,8-9,12-13,15-16,20-21,24,26H,1,4,7,10-11,14,17-18H2,2H3/t21?,24-,26?,34?/m0/s1. The van der Waals surface area contributed by atoms with Crippen LogP contribution in [0.4, 0.5) is 10.1 Å². The van der Waals surface area contributed by atoms with Crippen molar-refractivity contribution >= 4 is 34.2 Å². The molecule has 0 spiro atoms. The molecular weight excluding hydrogens is 471 g/mol. The maximum atomic E-state index is 14.8. The highest BCUT2D eigenvalue weighted by atomic mass is 35.5. The van der Waals surface area contributed by atoms with Gasteiger partial charge in [0.15, 0.2) is 0 Å². The molecule has 4 nitrogen and oxygen atoms in total. The van der Waals surface area contributed by atoms with Gasteiger partial charge in [0, 0.05) is 16.7 Å². The fourth-order valence-corrected chi connectivity index (χ4v) is 6.15. The predicted molar refractivity (Wildman–Crippen MR) is 138 cm³/mol. The van der Waals surface area contributed by atoms with E-state index < -0.39 is 16.8 Å². The van der Waals surface area contributed by atoms with Crippen LogP contribution in [0.25, 0.3) is 0 Å². The first kappa shape index (κ1) is 24.9. The highest BCUT2D eigenvalue weighted by Gasteiger charge is 2.46. The van der Waals surface area contributed by atoms with Crippen LogP contribution in [-0.4, -0.2) is 33.4 Å². The van der Waals surface area contributed by atoms with Gasteiger partial charge >= 0.3 is 0 Å². The summed E-state index contributed by atoms with van der Waals surface area (Å²) in [7, 11) is -1.40. The second kappa shape index (κ2) is 11.0. The van der Waals surface area contributed by atoms with Crippen LogP contribution in [0.3, 0.4) is 0 Å². The van der Waals surface area contributed by atoms with Gasteiger partial charge in [0.2, 0.25) is 5.91 Å². The third-order valence-corrected chi connectivity index (χ3v) is 8.51. The molecule has 2 fully saturated rings. The number of halogens is 2. The molecule has 1 heterocycles. The van der Waals surface area contributed by atoms with Crippen LogP contribution >= 0.6 is 11.6 Å². The largest absolute Gasteiger partial charge is 0.330 e. The van der Waals surface area contributed by atoms with Crippen LogP contribution in [0, 0.1) is 17.7 Å². The highest BCUT2D eigenvalue weighted by molar-refractivity contribution is 7.86. The van der Waals surface area contributed by atoms with Gasteiger partial charge < -0.3 is 4.90 Å². The van der Waals surface area contributed by atoms with Crippen LogP contribution in [0.2, 0.25) is 5.02 Å². The molecule has 3 unspecified atom stereocenters. The Kier molecular flexibility index (Phi) is 8.10. The Balaban J connectivity index is 1.73. The summed E-state index contributed by atoms with van der Waals surface area (Å²) in [6.45, 7) is 6.02. The van der Waals surface area contributed by atoms with Gasteiger partial charge in [0.25, 0.3) is 0 Å². The van der Waals surface area contributed by atoms with Crippen LogP contribution in [0.1, 0.15) is 50.6 Å². The average Bonchev–Trinajstić information content (AvgIpc) is 3.68. The van der Waals surface area contributed by atoms with Gasteiger partial charge in [-0.3, -0.25) is 9.10 Å². The fraction of sp³-hybridized carbons (Fsp3) is 0.444. The molecular formula is C27H32ClFN2O2S. The zero-order valence-electron chi connectivity index (χ0n) is 19.5. The van der Waals surface area contributed by atoms with E-state index in [0.717, 1.165) is 31.2 Å². The number of nitrogens with zero attached hydrogens (tertiary/aromatic N) is 2. The Morgan fingerprint density at radius 3 is 2.50 bits per heavy atom. The molecule has 0 aromatic heterocycles. The lowest BCUT2D eigenvalue weighted by molar-refractivity contribution is -0.145. The molecule has 0 N–H and O–H groups in total. The van der Waals surface area contributed by atoms with Gasteiger partial charge in [-0.2, -0.15) is 0 Å². The second-order valence-electron chi connectivity index (χ2n) is 9.14. The van der Waals surface area contributed by atoms with E-state index in [1.165, 1.54) is 6.07 Å². The lowest BCUT2D eigenvalue weighted by atomic mass is 9.84. The summed E-state index contributed by atoms with van der Waals surface area (Å²) in [6.07, 6.45) is 6.11. The van der Waals surface area contributed by atoms with Gasteiger partial charge in [0.1, 0.15) is 16.8 Å². The SMILES string of the molecule is C=CCC1CC[C@@H](c2ccc(Cl)cc2)N(C(CN(c2ccccc2F)S(=O)CC)C2CC2)C1=O. The number of carbonyl (C=O) groups is 1. The van der Waals surface area contributed by atoms with Crippen molar-refractivity contribution in [3.63, 3.8) is 0 Å². The minimum Gasteiger partial charge on any atom is -0.330 e. The molecule has 2 aromatic carbocycles. The number of hydrogen-bond acceptors (Lipinski definition) is 2. The Morgan fingerprint density at radius 1 is 1.18 bits per heavy atom. The highest BCUT2D eigenvalue weighted by Crippen LogP contribution is 2.44. The molecule has 4 atom stereocenters. The Bertz CT molecular complexity index is 1040. The van der Waals surface area contributed by atoms with Crippen LogP contribution in [0.5, 0.6) is 0 Å². The molecule has 2 aromatic rings. The molecule has 1 aliphatic carbocycles. The number of amides is 1. The van der Waals surface area contributed by atoms with Crippen molar-refractivity contribution in [1.82, 2.24) is 4.90 Å². The summed E-state index contributed by atoms with van der Waals surface area (Å²) in [5.41, 5.74) is 1.37. The average molecular weight is 503 g/mol. The lowest BCUT2D eigenvalue weighted by Crippen LogP contribution is -2.54. The first-order chi connectivity index (χ1) is 16.4. The molecule has 0 bridgehead atoms.